The second kappa shape index (κ2) is 6.40. The minimum Gasteiger partial charge on any atom is -0.494 e. The highest BCUT2D eigenvalue weighted by atomic mass is 16.5. The maximum atomic E-state index is 5.85. The average molecular weight is 301 g/mol. The van der Waals surface area contributed by atoms with Crippen molar-refractivity contribution in [1.82, 2.24) is 14.9 Å². The largest absolute Gasteiger partial charge is 0.494 e. The summed E-state index contributed by atoms with van der Waals surface area (Å²) >= 11 is 0. The number of hydrogen-bond acceptors (Lipinski definition) is 4. The molecule has 2 aromatic rings. The Morgan fingerprint density at radius 1 is 1.41 bits per heavy atom. The van der Waals surface area contributed by atoms with Crippen molar-refractivity contribution in [2.45, 2.75) is 39.5 Å². The van der Waals surface area contributed by atoms with E-state index >= 15 is 0 Å². The summed E-state index contributed by atoms with van der Waals surface area (Å²) in [6.45, 7) is 6.30. The molecule has 1 N–H and O–H groups in total. The van der Waals surface area contributed by atoms with Crippen LogP contribution in [0.3, 0.4) is 0 Å². The summed E-state index contributed by atoms with van der Waals surface area (Å²) in [6, 6.07) is 4.24. The molecule has 0 aliphatic carbocycles. The van der Waals surface area contributed by atoms with Crippen LogP contribution in [0.1, 0.15) is 30.7 Å². The smallest absolute Gasteiger partial charge is 0.124 e. The Kier molecular flexibility index (Phi) is 4.34. The highest BCUT2D eigenvalue weighted by Crippen LogP contribution is 2.35. The fraction of sp³-hybridized carbons (Fsp3) is 0.471. The molecule has 5 nitrogen and oxygen atoms in total. The Morgan fingerprint density at radius 3 is 3.00 bits per heavy atom. The molecular formula is C17H23N3O2. The lowest BCUT2D eigenvalue weighted by molar-refractivity contribution is 0.254. The van der Waals surface area contributed by atoms with Crippen molar-refractivity contribution >= 4 is 0 Å². The first-order valence-corrected chi connectivity index (χ1v) is 7.78. The number of ether oxygens (including phenoxy) is 2. The van der Waals surface area contributed by atoms with E-state index in [1.54, 1.807) is 0 Å². The van der Waals surface area contributed by atoms with E-state index in [1.165, 1.54) is 5.56 Å². The van der Waals surface area contributed by atoms with E-state index in [0.29, 0.717) is 6.61 Å². The number of benzene rings is 1. The molecule has 1 aromatic carbocycles. The summed E-state index contributed by atoms with van der Waals surface area (Å²) in [4.78, 5) is 4.13. The van der Waals surface area contributed by atoms with Gasteiger partial charge in [0.15, 0.2) is 0 Å². The Labute approximate surface area is 131 Å². The second-order valence-corrected chi connectivity index (χ2v) is 5.73. The Bertz CT molecular complexity index is 651. The van der Waals surface area contributed by atoms with Gasteiger partial charge in [0.2, 0.25) is 0 Å². The quantitative estimate of drug-likeness (QED) is 0.890. The second-order valence-electron chi connectivity index (χ2n) is 5.73. The van der Waals surface area contributed by atoms with Gasteiger partial charge in [0.25, 0.3) is 0 Å². The molecular weight excluding hydrogens is 278 g/mol. The van der Waals surface area contributed by atoms with E-state index < -0.39 is 0 Å². The highest BCUT2D eigenvalue weighted by molar-refractivity contribution is 5.48. The number of fused-ring (bicyclic) bond motifs is 1. The van der Waals surface area contributed by atoms with E-state index in [-0.39, 0.29) is 6.10 Å². The van der Waals surface area contributed by atoms with Crippen LogP contribution in [0, 0.1) is 0 Å². The zero-order valence-electron chi connectivity index (χ0n) is 13.4. The third-order valence-corrected chi connectivity index (χ3v) is 3.92. The maximum absolute atomic E-state index is 5.85. The Morgan fingerprint density at radius 2 is 2.27 bits per heavy atom. The first-order valence-electron chi connectivity index (χ1n) is 7.78. The molecule has 0 radical (unpaired) electrons. The van der Waals surface area contributed by atoms with Gasteiger partial charge in [-0.05, 0) is 26.0 Å². The van der Waals surface area contributed by atoms with Crippen LogP contribution in [0.25, 0.3) is 0 Å². The number of nitrogens with zero attached hydrogens (tertiary/aromatic N) is 2. The molecule has 1 aliphatic heterocycles. The van der Waals surface area contributed by atoms with E-state index in [4.69, 9.17) is 9.47 Å². The van der Waals surface area contributed by atoms with Crippen molar-refractivity contribution in [1.29, 1.82) is 0 Å². The van der Waals surface area contributed by atoms with E-state index in [2.05, 4.69) is 29.4 Å². The molecule has 22 heavy (non-hydrogen) atoms. The van der Waals surface area contributed by atoms with Crippen LogP contribution >= 0.6 is 0 Å². The summed E-state index contributed by atoms with van der Waals surface area (Å²) in [7, 11) is 2.00. The topological polar surface area (TPSA) is 48.3 Å². The number of rotatable bonds is 6. The first-order chi connectivity index (χ1) is 10.7. The summed E-state index contributed by atoms with van der Waals surface area (Å²) < 4.78 is 13.7. The molecule has 5 heteroatoms. The van der Waals surface area contributed by atoms with Gasteiger partial charge in [0, 0.05) is 43.9 Å². The van der Waals surface area contributed by atoms with Crippen LogP contribution < -0.4 is 14.8 Å². The van der Waals surface area contributed by atoms with Crippen molar-refractivity contribution in [2.75, 3.05) is 6.61 Å². The van der Waals surface area contributed by atoms with Gasteiger partial charge < -0.3 is 19.4 Å². The number of hydrogen-bond donors (Lipinski definition) is 1. The molecule has 118 valence electrons. The SMILES string of the molecule is CCOc1cc2c(cc1CNCc1cncn1C)OC(C)C2. The number of imidazole rings is 1. The maximum Gasteiger partial charge on any atom is 0.124 e. The summed E-state index contributed by atoms with van der Waals surface area (Å²) in [5.41, 5.74) is 3.53. The van der Waals surface area contributed by atoms with Gasteiger partial charge in [-0.2, -0.15) is 0 Å². The Hall–Kier alpha value is -2.01. The lowest BCUT2D eigenvalue weighted by Crippen LogP contribution is -2.15. The molecule has 1 aromatic heterocycles. The van der Waals surface area contributed by atoms with Crippen molar-refractivity contribution in [3.05, 3.63) is 41.5 Å². The molecule has 0 amide bonds. The summed E-state index contributed by atoms with van der Waals surface area (Å²) in [5.74, 6) is 1.95. The van der Waals surface area contributed by atoms with Gasteiger partial charge in [-0.3, -0.25) is 0 Å². The van der Waals surface area contributed by atoms with Crippen molar-refractivity contribution < 1.29 is 9.47 Å². The van der Waals surface area contributed by atoms with Gasteiger partial charge in [-0.25, -0.2) is 4.98 Å². The van der Waals surface area contributed by atoms with Gasteiger partial charge >= 0.3 is 0 Å². The molecule has 2 heterocycles. The predicted molar refractivity (Wildman–Crippen MR) is 85.2 cm³/mol. The number of aryl methyl sites for hydroxylation is 1. The molecule has 1 atom stereocenters. The summed E-state index contributed by atoms with van der Waals surface area (Å²) in [6.07, 6.45) is 4.90. The lowest BCUT2D eigenvalue weighted by atomic mass is 10.1. The van der Waals surface area contributed by atoms with Crippen molar-refractivity contribution in [3.63, 3.8) is 0 Å². The molecule has 1 unspecified atom stereocenters. The molecule has 0 spiro atoms. The van der Waals surface area contributed by atoms with Crippen LogP contribution in [0.2, 0.25) is 0 Å². The first kappa shape index (κ1) is 14.9. The van der Waals surface area contributed by atoms with Crippen LogP contribution in [0.4, 0.5) is 0 Å². The van der Waals surface area contributed by atoms with Gasteiger partial charge in [0.1, 0.15) is 17.6 Å². The van der Waals surface area contributed by atoms with Crippen molar-refractivity contribution in [3.8, 4) is 11.5 Å². The monoisotopic (exact) mass is 301 g/mol. The van der Waals surface area contributed by atoms with E-state index in [9.17, 15) is 0 Å². The molecule has 0 fully saturated rings. The number of nitrogens with one attached hydrogen (secondary N) is 1. The molecule has 0 bridgehead atoms. The molecule has 3 rings (SSSR count). The van der Waals surface area contributed by atoms with Crippen LogP contribution in [0.15, 0.2) is 24.7 Å². The molecule has 1 aliphatic rings. The third-order valence-electron chi connectivity index (χ3n) is 3.92. The van der Waals surface area contributed by atoms with E-state index in [0.717, 1.165) is 42.3 Å². The van der Waals surface area contributed by atoms with Crippen LogP contribution in [-0.2, 0) is 26.6 Å². The minimum absolute atomic E-state index is 0.252. The fourth-order valence-corrected chi connectivity index (χ4v) is 2.79. The average Bonchev–Trinajstić information content (AvgIpc) is 3.04. The predicted octanol–water partition coefficient (Wildman–Crippen LogP) is 2.43. The minimum atomic E-state index is 0.252. The zero-order valence-corrected chi connectivity index (χ0v) is 13.4. The van der Waals surface area contributed by atoms with Crippen molar-refractivity contribution in [2.24, 2.45) is 7.05 Å². The molecule has 0 saturated carbocycles. The zero-order chi connectivity index (χ0) is 15.5. The van der Waals surface area contributed by atoms with Gasteiger partial charge in [0.05, 0.1) is 18.6 Å². The van der Waals surface area contributed by atoms with Crippen LogP contribution in [0.5, 0.6) is 11.5 Å². The highest BCUT2D eigenvalue weighted by Gasteiger charge is 2.21. The Balaban J connectivity index is 1.72. The van der Waals surface area contributed by atoms with Gasteiger partial charge in [-0.15, -0.1) is 0 Å². The molecule has 0 saturated heterocycles. The lowest BCUT2D eigenvalue weighted by Gasteiger charge is -2.13. The normalized spacial score (nSPS) is 16.4. The van der Waals surface area contributed by atoms with E-state index in [1.807, 2.05) is 31.1 Å². The third kappa shape index (κ3) is 3.09. The number of aromatic nitrogens is 2. The van der Waals surface area contributed by atoms with Gasteiger partial charge in [-0.1, -0.05) is 0 Å². The standard InChI is InChI=1S/C17H23N3O2/c1-4-21-16-6-13-5-12(2)22-17(13)7-14(16)8-18-9-15-10-19-11-20(15)3/h6-7,10-12,18H,4-5,8-9H2,1-3H3. The summed E-state index contributed by atoms with van der Waals surface area (Å²) in [5, 5.41) is 3.45. The van der Waals surface area contributed by atoms with Crippen LogP contribution in [-0.4, -0.2) is 22.3 Å². The fourth-order valence-electron chi connectivity index (χ4n) is 2.79.